The highest BCUT2D eigenvalue weighted by atomic mass is 16.5. The summed E-state index contributed by atoms with van der Waals surface area (Å²) in [6.45, 7) is 9.04. The molecule has 0 aromatic heterocycles. The molecule has 3 heterocycles. The minimum atomic E-state index is -1.09. The van der Waals surface area contributed by atoms with Gasteiger partial charge in [0.1, 0.15) is 11.6 Å². The van der Waals surface area contributed by atoms with Crippen molar-refractivity contribution in [1.82, 2.24) is 10.2 Å². The number of likely N-dealkylation sites (tertiary alicyclic amines) is 1. The molecule has 2 bridgehead atoms. The van der Waals surface area contributed by atoms with Crippen LogP contribution in [0.15, 0.2) is 30.3 Å². The largest absolute Gasteiger partial charge is 0.394 e. The van der Waals surface area contributed by atoms with Crippen LogP contribution in [0.25, 0.3) is 0 Å². The topological polar surface area (TPSA) is 108 Å². The van der Waals surface area contributed by atoms with Gasteiger partial charge in [-0.1, -0.05) is 25.1 Å². The zero-order valence-electron chi connectivity index (χ0n) is 20.1. The second kappa shape index (κ2) is 8.09. The van der Waals surface area contributed by atoms with E-state index >= 15 is 0 Å². The first kappa shape index (κ1) is 23.7. The Morgan fingerprint density at radius 2 is 1.88 bits per heavy atom. The van der Waals surface area contributed by atoms with Crippen LogP contribution in [0.3, 0.4) is 0 Å². The maximum atomic E-state index is 13.9. The molecule has 3 saturated heterocycles. The van der Waals surface area contributed by atoms with E-state index in [-0.39, 0.29) is 24.3 Å². The zero-order valence-corrected chi connectivity index (χ0v) is 20.1. The Balaban J connectivity index is 1.77. The van der Waals surface area contributed by atoms with Crippen LogP contribution in [0, 0.1) is 11.8 Å². The Labute approximate surface area is 195 Å². The Kier molecular flexibility index (Phi) is 5.81. The SMILES string of the molecule is CC[C@@]12CCC3(O1)C(C(=O)NC(C)(C)C)N([C@H](C)CO)C(=O)[C@@H]3[C@@H]2C(=O)Nc1ccccc1. The minimum absolute atomic E-state index is 0.267. The van der Waals surface area contributed by atoms with Crippen molar-refractivity contribution < 1.29 is 24.2 Å². The number of rotatable bonds is 6. The van der Waals surface area contributed by atoms with Crippen LogP contribution in [-0.4, -0.2) is 63.2 Å². The Hall–Kier alpha value is -2.45. The number of para-hydroxylation sites is 1. The number of fused-ring (bicyclic) bond motifs is 1. The van der Waals surface area contributed by atoms with Crippen molar-refractivity contribution in [3.05, 3.63) is 30.3 Å². The average Bonchev–Trinajstić information content (AvgIpc) is 3.36. The fourth-order valence-corrected chi connectivity index (χ4v) is 6.10. The van der Waals surface area contributed by atoms with Crippen LogP contribution in [0.1, 0.15) is 53.9 Å². The maximum Gasteiger partial charge on any atom is 0.246 e. The van der Waals surface area contributed by atoms with Crippen molar-refractivity contribution in [2.24, 2.45) is 11.8 Å². The number of nitrogens with zero attached hydrogens (tertiary/aromatic N) is 1. The number of amides is 3. The number of aliphatic hydroxyl groups is 1. The van der Waals surface area contributed by atoms with Gasteiger partial charge < -0.3 is 25.4 Å². The fourth-order valence-electron chi connectivity index (χ4n) is 6.10. The lowest BCUT2D eigenvalue weighted by atomic mass is 9.65. The lowest BCUT2D eigenvalue weighted by Gasteiger charge is -2.37. The summed E-state index contributed by atoms with van der Waals surface area (Å²) in [6, 6.07) is 7.66. The Morgan fingerprint density at radius 1 is 1.21 bits per heavy atom. The number of benzene rings is 1. The first-order valence-electron chi connectivity index (χ1n) is 11.8. The molecule has 33 heavy (non-hydrogen) atoms. The van der Waals surface area contributed by atoms with E-state index < -0.39 is 40.7 Å². The molecule has 1 aromatic rings. The molecule has 8 nitrogen and oxygen atoms in total. The number of hydrogen-bond acceptors (Lipinski definition) is 5. The maximum absolute atomic E-state index is 13.9. The van der Waals surface area contributed by atoms with Gasteiger partial charge in [-0.25, -0.2) is 0 Å². The molecule has 3 aliphatic rings. The third-order valence-corrected chi connectivity index (χ3v) is 7.43. The third-order valence-electron chi connectivity index (χ3n) is 7.43. The summed E-state index contributed by atoms with van der Waals surface area (Å²) < 4.78 is 6.67. The molecule has 0 aliphatic carbocycles. The molecule has 0 radical (unpaired) electrons. The van der Waals surface area contributed by atoms with E-state index in [1.54, 1.807) is 19.1 Å². The molecule has 4 rings (SSSR count). The quantitative estimate of drug-likeness (QED) is 0.606. The molecule has 1 spiro atoms. The molecule has 3 aliphatic heterocycles. The molecule has 6 atom stereocenters. The Bertz CT molecular complexity index is 945. The summed E-state index contributed by atoms with van der Waals surface area (Å²) in [5.74, 6) is -2.37. The normalized spacial score (nSPS) is 33.7. The van der Waals surface area contributed by atoms with Crippen LogP contribution < -0.4 is 10.6 Å². The lowest BCUT2D eigenvalue weighted by Crippen LogP contribution is -2.60. The summed E-state index contributed by atoms with van der Waals surface area (Å²) in [5, 5.41) is 15.9. The van der Waals surface area contributed by atoms with Gasteiger partial charge in [-0.3, -0.25) is 14.4 Å². The van der Waals surface area contributed by atoms with Gasteiger partial charge in [0.25, 0.3) is 0 Å². The van der Waals surface area contributed by atoms with Gasteiger partial charge in [0.2, 0.25) is 17.7 Å². The number of carbonyl (C=O) groups excluding carboxylic acids is 3. The van der Waals surface area contributed by atoms with E-state index in [0.29, 0.717) is 24.9 Å². The number of aliphatic hydroxyl groups excluding tert-OH is 1. The number of nitrogens with one attached hydrogen (secondary N) is 2. The van der Waals surface area contributed by atoms with Gasteiger partial charge in [-0.05, 0) is 59.1 Å². The van der Waals surface area contributed by atoms with Crippen molar-refractivity contribution in [2.45, 2.75) is 82.7 Å². The number of anilines is 1. The fraction of sp³-hybridized carbons (Fsp3) is 0.640. The van der Waals surface area contributed by atoms with E-state index in [9.17, 15) is 19.5 Å². The third kappa shape index (κ3) is 3.64. The Morgan fingerprint density at radius 3 is 2.45 bits per heavy atom. The van der Waals surface area contributed by atoms with Crippen molar-refractivity contribution in [3.8, 4) is 0 Å². The minimum Gasteiger partial charge on any atom is -0.394 e. The van der Waals surface area contributed by atoms with E-state index in [2.05, 4.69) is 10.6 Å². The van der Waals surface area contributed by atoms with Gasteiger partial charge in [-0.2, -0.15) is 0 Å². The molecule has 8 heteroatoms. The van der Waals surface area contributed by atoms with Crippen LogP contribution in [0.5, 0.6) is 0 Å². The number of carbonyl (C=O) groups is 3. The van der Waals surface area contributed by atoms with E-state index in [4.69, 9.17) is 4.74 Å². The second-order valence-corrected chi connectivity index (χ2v) is 10.7. The van der Waals surface area contributed by atoms with E-state index in [1.165, 1.54) is 4.90 Å². The van der Waals surface area contributed by atoms with Gasteiger partial charge >= 0.3 is 0 Å². The van der Waals surface area contributed by atoms with Crippen molar-refractivity contribution in [2.75, 3.05) is 11.9 Å². The molecule has 3 N–H and O–H groups in total. The summed E-state index contributed by atoms with van der Waals surface area (Å²) in [7, 11) is 0. The molecular formula is C25H35N3O5. The highest BCUT2D eigenvalue weighted by Gasteiger charge is 2.79. The van der Waals surface area contributed by atoms with Crippen LogP contribution >= 0.6 is 0 Å². The van der Waals surface area contributed by atoms with Crippen molar-refractivity contribution in [3.63, 3.8) is 0 Å². The molecule has 0 saturated carbocycles. The summed E-state index contributed by atoms with van der Waals surface area (Å²) in [6.07, 6.45) is 1.68. The smallest absolute Gasteiger partial charge is 0.246 e. The number of hydrogen-bond donors (Lipinski definition) is 3. The van der Waals surface area contributed by atoms with Gasteiger partial charge in [0, 0.05) is 11.2 Å². The highest BCUT2D eigenvalue weighted by molar-refractivity contribution is 6.02. The molecule has 2 unspecified atom stereocenters. The highest BCUT2D eigenvalue weighted by Crippen LogP contribution is 2.64. The van der Waals surface area contributed by atoms with Gasteiger partial charge in [-0.15, -0.1) is 0 Å². The standard InChI is InChI=1S/C25H35N3O5/c1-6-24-12-13-25(33-24)18(17(24)20(30)26-16-10-8-7-9-11-16)22(32)28(15(2)14-29)19(25)21(31)27-23(3,4)5/h7-11,15,17-19,29H,6,12-14H2,1-5H3,(H,26,30)(H,27,31)/t15-,17-,18+,19?,24+,25?/m1/s1. The molecular weight excluding hydrogens is 422 g/mol. The van der Waals surface area contributed by atoms with E-state index in [0.717, 1.165) is 0 Å². The van der Waals surface area contributed by atoms with Crippen LogP contribution in [-0.2, 0) is 19.1 Å². The first-order valence-corrected chi connectivity index (χ1v) is 11.8. The first-order chi connectivity index (χ1) is 15.5. The van der Waals surface area contributed by atoms with E-state index in [1.807, 2.05) is 45.9 Å². The zero-order chi connectivity index (χ0) is 24.2. The summed E-state index contributed by atoms with van der Waals surface area (Å²) in [5.41, 5.74) is -1.75. The van der Waals surface area contributed by atoms with Gasteiger partial charge in [0.05, 0.1) is 30.1 Å². The predicted octanol–water partition coefficient (Wildman–Crippen LogP) is 2.08. The van der Waals surface area contributed by atoms with Crippen LogP contribution in [0.2, 0.25) is 0 Å². The molecule has 3 amide bonds. The monoisotopic (exact) mass is 457 g/mol. The summed E-state index contributed by atoms with van der Waals surface area (Å²) >= 11 is 0. The van der Waals surface area contributed by atoms with Crippen molar-refractivity contribution in [1.29, 1.82) is 0 Å². The average molecular weight is 458 g/mol. The molecule has 1 aromatic carbocycles. The second-order valence-electron chi connectivity index (χ2n) is 10.7. The molecule has 180 valence electrons. The number of ether oxygens (including phenoxy) is 1. The molecule has 3 fully saturated rings. The van der Waals surface area contributed by atoms with Crippen LogP contribution in [0.4, 0.5) is 5.69 Å². The summed E-state index contributed by atoms with van der Waals surface area (Å²) in [4.78, 5) is 42.5. The van der Waals surface area contributed by atoms with Gasteiger partial charge in [0.15, 0.2) is 0 Å². The predicted molar refractivity (Wildman–Crippen MR) is 123 cm³/mol. The van der Waals surface area contributed by atoms with Crippen molar-refractivity contribution >= 4 is 23.4 Å². The lowest BCUT2D eigenvalue weighted by molar-refractivity contribution is -0.150.